The molecule has 0 aliphatic rings. The second-order valence-corrected chi connectivity index (χ2v) is 2.05. The lowest BCUT2D eigenvalue weighted by Crippen LogP contribution is -2.24. The Morgan fingerprint density at radius 2 is 2.55 bits per heavy atom. The number of nitrogens with zero attached hydrogens (tertiary/aromatic N) is 2. The van der Waals surface area contributed by atoms with Gasteiger partial charge in [-0.1, -0.05) is 6.08 Å². The average molecular weight is 151 g/mol. The molecule has 0 aromatic carbocycles. The summed E-state index contributed by atoms with van der Waals surface area (Å²) in [5.74, 6) is 0.407. The van der Waals surface area contributed by atoms with Gasteiger partial charge in [0.2, 0.25) is 0 Å². The van der Waals surface area contributed by atoms with Crippen LogP contribution in [0.4, 0.5) is 5.82 Å². The van der Waals surface area contributed by atoms with E-state index >= 15 is 0 Å². The number of allylic oxidation sites excluding steroid dienone is 1. The smallest absolute Gasteiger partial charge is 0.349 e. The van der Waals surface area contributed by atoms with Crippen molar-refractivity contribution >= 4 is 5.82 Å². The Labute approximate surface area is 64.0 Å². The van der Waals surface area contributed by atoms with E-state index in [9.17, 15) is 4.79 Å². The minimum Gasteiger partial charge on any atom is -0.385 e. The van der Waals surface area contributed by atoms with Gasteiger partial charge in [-0.25, -0.2) is 9.78 Å². The zero-order valence-electron chi connectivity index (χ0n) is 6.03. The van der Waals surface area contributed by atoms with E-state index in [0.29, 0.717) is 12.4 Å². The van der Waals surface area contributed by atoms with Gasteiger partial charge in [0.1, 0.15) is 5.82 Å². The fraction of sp³-hybridized carbons (Fsp3) is 0.143. The lowest BCUT2D eigenvalue weighted by Gasteiger charge is -2.02. The van der Waals surface area contributed by atoms with Crippen LogP contribution in [-0.4, -0.2) is 9.55 Å². The molecule has 4 nitrogen and oxygen atoms in total. The van der Waals surface area contributed by atoms with Crippen LogP contribution in [0.15, 0.2) is 29.7 Å². The number of aromatic nitrogens is 2. The summed E-state index contributed by atoms with van der Waals surface area (Å²) in [6.45, 7) is 3.90. The summed E-state index contributed by atoms with van der Waals surface area (Å²) < 4.78 is 1.34. The van der Waals surface area contributed by atoms with Gasteiger partial charge in [0, 0.05) is 12.7 Å². The molecule has 1 aromatic heterocycles. The summed E-state index contributed by atoms with van der Waals surface area (Å²) in [7, 11) is 0. The summed E-state index contributed by atoms with van der Waals surface area (Å²) in [6, 6.07) is 1.57. The van der Waals surface area contributed by atoms with Gasteiger partial charge < -0.3 is 5.73 Å². The maximum atomic E-state index is 11.0. The SMILES string of the molecule is C=CCn1c(N)ccnc1=O. The minimum absolute atomic E-state index is 0.343. The molecule has 0 saturated carbocycles. The van der Waals surface area contributed by atoms with Crippen molar-refractivity contribution in [3.63, 3.8) is 0 Å². The number of rotatable bonds is 2. The number of nitrogens with two attached hydrogens (primary N) is 1. The zero-order valence-corrected chi connectivity index (χ0v) is 6.03. The van der Waals surface area contributed by atoms with Crippen molar-refractivity contribution in [3.05, 3.63) is 35.4 Å². The molecule has 58 valence electrons. The largest absolute Gasteiger partial charge is 0.385 e. The van der Waals surface area contributed by atoms with Gasteiger partial charge in [0.15, 0.2) is 0 Å². The summed E-state index contributed by atoms with van der Waals surface area (Å²) in [5, 5.41) is 0. The lowest BCUT2D eigenvalue weighted by atomic mass is 10.5. The fourth-order valence-electron chi connectivity index (χ4n) is 0.760. The molecule has 1 rings (SSSR count). The predicted octanol–water partition coefficient (Wildman–Crippen LogP) is 0.0115. The van der Waals surface area contributed by atoms with Gasteiger partial charge >= 0.3 is 5.69 Å². The summed E-state index contributed by atoms with van der Waals surface area (Å²) in [5.41, 5.74) is 5.14. The molecule has 0 atom stereocenters. The topological polar surface area (TPSA) is 60.9 Å². The van der Waals surface area contributed by atoms with E-state index in [1.54, 1.807) is 12.1 Å². The Bertz CT molecular complexity index is 316. The third-order valence-electron chi connectivity index (χ3n) is 1.28. The van der Waals surface area contributed by atoms with E-state index < -0.39 is 0 Å². The first-order chi connectivity index (χ1) is 5.25. The minimum atomic E-state index is -0.343. The van der Waals surface area contributed by atoms with Gasteiger partial charge in [-0.15, -0.1) is 6.58 Å². The van der Waals surface area contributed by atoms with Crippen LogP contribution in [0.1, 0.15) is 0 Å². The average Bonchev–Trinajstić information content (AvgIpc) is 1.97. The van der Waals surface area contributed by atoms with Crippen LogP contribution in [0.5, 0.6) is 0 Å². The second kappa shape index (κ2) is 3.01. The highest BCUT2D eigenvalue weighted by Gasteiger charge is 1.96. The highest BCUT2D eigenvalue weighted by atomic mass is 16.1. The number of nitrogen functional groups attached to an aromatic ring is 1. The second-order valence-electron chi connectivity index (χ2n) is 2.05. The van der Waals surface area contributed by atoms with Gasteiger partial charge in [-0.05, 0) is 6.07 Å². The van der Waals surface area contributed by atoms with Crippen molar-refractivity contribution in [2.45, 2.75) is 6.54 Å². The Morgan fingerprint density at radius 1 is 1.82 bits per heavy atom. The Balaban J connectivity index is 3.20. The molecule has 0 aliphatic carbocycles. The first-order valence-electron chi connectivity index (χ1n) is 3.18. The van der Waals surface area contributed by atoms with Crippen LogP contribution in [-0.2, 0) is 6.54 Å². The van der Waals surface area contributed by atoms with Crippen molar-refractivity contribution in [1.29, 1.82) is 0 Å². The van der Waals surface area contributed by atoms with E-state index in [1.807, 2.05) is 0 Å². The highest BCUT2D eigenvalue weighted by Crippen LogP contribution is 1.94. The van der Waals surface area contributed by atoms with Crippen molar-refractivity contribution in [3.8, 4) is 0 Å². The molecule has 0 saturated heterocycles. The molecule has 0 fully saturated rings. The van der Waals surface area contributed by atoms with Crippen molar-refractivity contribution in [2.24, 2.45) is 0 Å². The van der Waals surface area contributed by atoms with Crippen LogP contribution in [0.2, 0.25) is 0 Å². The van der Waals surface area contributed by atoms with Gasteiger partial charge in [-0.2, -0.15) is 0 Å². The fourth-order valence-corrected chi connectivity index (χ4v) is 0.760. The molecule has 0 radical (unpaired) electrons. The lowest BCUT2D eigenvalue weighted by molar-refractivity contribution is 0.757. The standard InChI is InChI=1S/C7H9N3O/c1-2-5-10-6(8)3-4-9-7(10)11/h2-4H,1,5,8H2. The van der Waals surface area contributed by atoms with Crippen molar-refractivity contribution in [1.82, 2.24) is 9.55 Å². The third-order valence-corrected chi connectivity index (χ3v) is 1.28. The van der Waals surface area contributed by atoms with Crippen LogP contribution in [0.3, 0.4) is 0 Å². The molecular formula is C7H9N3O. The monoisotopic (exact) mass is 151 g/mol. The normalized spacial score (nSPS) is 9.45. The van der Waals surface area contributed by atoms with Crippen LogP contribution in [0, 0.1) is 0 Å². The Morgan fingerprint density at radius 3 is 3.09 bits per heavy atom. The van der Waals surface area contributed by atoms with E-state index in [-0.39, 0.29) is 5.69 Å². The molecular weight excluding hydrogens is 142 g/mol. The van der Waals surface area contributed by atoms with E-state index in [0.717, 1.165) is 0 Å². The molecule has 2 N–H and O–H groups in total. The first-order valence-corrected chi connectivity index (χ1v) is 3.18. The molecule has 0 spiro atoms. The van der Waals surface area contributed by atoms with Crippen molar-refractivity contribution < 1.29 is 0 Å². The van der Waals surface area contributed by atoms with E-state index in [4.69, 9.17) is 5.73 Å². The molecule has 1 heterocycles. The van der Waals surface area contributed by atoms with Crippen LogP contribution >= 0.6 is 0 Å². The summed E-state index contributed by atoms with van der Waals surface area (Å²) in [4.78, 5) is 14.5. The number of hydrogen-bond donors (Lipinski definition) is 1. The molecule has 0 aliphatic heterocycles. The zero-order chi connectivity index (χ0) is 8.27. The summed E-state index contributed by atoms with van der Waals surface area (Å²) in [6.07, 6.45) is 2.98. The molecule has 0 bridgehead atoms. The predicted molar refractivity (Wildman–Crippen MR) is 43.1 cm³/mol. The molecule has 0 amide bonds. The quantitative estimate of drug-likeness (QED) is 0.606. The number of anilines is 1. The van der Waals surface area contributed by atoms with Crippen LogP contribution in [0.25, 0.3) is 0 Å². The molecule has 1 aromatic rings. The van der Waals surface area contributed by atoms with E-state index in [1.165, 1.54) is 10.8 Å². The van der Waals surface area contributed by atoms with Crippen molar-refractivity contribution in [2.75, 3.05) is 5.73 Å². The highest BCUT2D eigenvalue weighted by molar-refractivity contribution is 5.26. The Hall–Kier alpha value is -1.58. The maximum Gasteiger partial charge on any atom is 0.349 e. The van der Waals surface area contributed by atoms with Crippen LogP contribution < -0.4 is 11.4 Å². The third kappa shape index (κ3) is 1.46. The number of hydrogen-bond acceptors (Lipinski definition) is 3. The summed E-state index contributed by atoms with van der Waals surface area (Å²) >= 11 is 0. The molecule has 4 heteroatoms. The van der Waals surface area contributed by atoms with Gasteiger partial charge in [0.05, 0.1) is 0 Å². The maximum absolute atomic E-state index is 11.0. The molecule has 0 unspecified atom stereocenters. The van der Waals surface area contributed by atoms with Gasteiger partial charge in [-0.3, -0.25) is 4.57 Å². The first kappa shape index (κ1) is 7.53. The van der Waals surface area contributed by atoms with E-state index in [2.05, 4.69) is 11.6 Å². The van der Waals surface area contributed by atoms with Gasteiger partial charge in [0.25, 0.3) is 0 Å². The Kier molecular flexibility index (Phi) is 2.06. The molecule has 11 heavy (non-hydrogen) atoms.